The Bertz CT molecular complexity index is 1350. The predicted octanol–water partition coefficient (Wildman–Crippen LogP) is 5.71. The number of methoxy groups -OCH3 is 2. The Balaban J connectivity index is 1.69. The van der Waals surface area contributed by atoms with Crippen LogP contribution in [0.1, 0.15) is 50.2 Å². The van der Waals surface area contributed by atoms with Gasteiger partial charge in [-0.1, -0.05) is 72.9 Å². The smallest absolute Gasteiger partial charge is 0.347 e. The Morgan fingerprint density at radius 1 is 0.737 bits per heavy atom. The molecule has 0 N–H and O–H groups in total. The molecule has 0 spiro atoms. The van der Waals surface area contributed by atoms with Gasteiger partial charge in [-0.25, -0.2) is 14.4 Å². The van der Waals surface area contributed by atoms with Crippen LogP contribution in [0.3, 0.4) is 0 Å². The molecule has 1 heterocycles. The maximum Gasteiger partial charge on any atom is 0.347 e. The molecule has 0 radical (unpaired) electrons. The van der Waals surface area contributed by atoms with E-state index in [0.717, 1.165) is 16.7 Å². The molecule has 0 aliphatic carbocycles. The van der Waals surface area contributed by atoms with E-state index in [-0.39, 0.29) is 12.8 Å². The summed E-state index contributed by atoms with van der Waals surface area (Å²) in [6.07, 6.45) is 0.410. The fourth-order valence-electron chi connectivity index (χ4n) is 4.51. The number of esters is 2. The quantitative estimate of drug-likeness (QED) is 0.271. The highest BCUT2D eigenvalue weighted by atomic mass is 16.7. The molecule has 3 aromatic rings. The first-order chi connectivity index (χ1) is 18.3. The van der Waals surface area contributed by atoms with E-state index in [1.807, 2.05) is 30.3 Å². The van der Waals surface area contributed by atoms with Crippen molar-refractivity contribution in [3.63, 3.8) is 0 Å². The number of ether oxygens (including phenoxy) is 2. The summed E-state index contributed by atoms with van der Waals surface area (Å²) in [5, 5.41) is 4.19. The molecule has 0 fully saturated rings. The number of benzene rings is 3. The fourth-order valence-corrected chi connectivity index (χ4v) is 4.51. The highest BCUT2D eigenvalue weighted by molar-refractivity contribution is 6.19. The van der Waals surface area contributed by atoms with E-state index in [1.54, 1.807) is 48.5 Å². The van der Waals surface area contributed by atoms with Gasteiger partial charge in [0.2, 0.25) is 0 Å². The number of rotatable bonds is 9. The van der Waals surface area contributed by atoms with Gasteiger partial charge < -0.3 is 14.3 Å². The molecular formula is C31H27NO6. The van der Waals surface area contributed by atoms with Crippen molar-refractivity contribution < 1.29 is 28.7 Å². The second-order valence-electron chi connectivity index (χ2n) is 8.97. The summed E-state index contributed by atoms with van der Waals surface area (Å²) in [5.74, 6) is -1.38. The van der Waals surface area contributed by atoms with Crippen molar-refractivity contribution in [3.8, 4) is 0 Å². The first-order valence-electron chi connectivity index (χ1n) is 11.9. The Morgan fingerprint density at radius 2 is 1.16 bits per heavy atom. The van der Waals surface area contributed by atoms with Gasteiger partial charge in [0, 0.05) is 5.56 Å². The maximum absolute atomic E-state index is 13.4. The first-order valence-corrected chi connectivity index (χ1v) is 11.9. The Kier molecular flexibility index (Phi) is 7.67. The second-order valence-corrected chi connectivity index (χ2v) is 8.97. The van der Waals surface area contributed by atoms with Gasteiger partial charge in [0.15, 0.2) is 0 Å². The first kappa shape index (κ1) is 26.3. The summed E-state index contributed by atoms with van der Waals surface area (Å²) in [6.45, 7) is 8.50. The number of allylic oxidation sites excluding steroid dienone is 2. The highest BCUT2D eigenvalue weighted by Gasteiger charge is 2.51. The van der Waals surface area contributed by atoms with Crippen molar-refractivity contribution in [1.29, 1.82) is 0 Å². The zero-order valence-electron chi connectivity index (χ0n) is 21.2. The third-order valence-electron chi connectivity index (χ3n) is 6.57. The van der Waals surface area contributed by atoms with Crippen LogP contribution in [-0.4, -0.2) is 37.8 Å². The lowest BCUT2D eigenvalue weighted by atomic mass is 9.70. The number of carbonyl (C=O) groups excluding carboxylic acids is 3. The standard InChI is InChI=1S/C31H27NO6/c1-20(22-10-14-25(15-11-22)28(33)36-3)18-31(27(32-38-30(31)35)24-8-6-5-7-9-24)19-21(2)23-12-16-26(17-13-23)29(34)37-4/h5-17H,1-2,18-19H2,3-4H3. The maximum atomic E-state index is 13.4. The molecule has 4 rings (SSSR count). The fraction of sp³-hybridized carbons (Fsp3) is 0.161. The normalized spacial score (nSPS) is 13.7. The van der Waals surface area contributed by atoms with Crippen molar-refractivity contribution in [3.05, 3.63) is 120 Å². The lowest BCUT2D eigenvalue weighted by Crippen LogP contribution is -2.36. The summed E-state index contributed by atoms with van der Waals surface area (Å²) < 4.78 is 9.55. The van der Waals surface area contributed by atoms with E-state index < -0.39 is 23.3 Å². The second kappa shape index (κ2) is 11.1. The van der Waals surface area contributed by atoms with Crippen LogP contribution in [0.5, 0.6) is 0 Å². The van der Waals surface area contributed by atoms with Gasteiger partial charge in [0.05, 0.1) is 25.3 Å². The third kappa shape index (κ3) is 5.18. The van der Waals surface area contributed by atoms with E-state index in [9.17, 15) is 14.4 Å². The van der Waals surface area contributed by atoms with Gasteiger partial charge in [-0.15, -0.1) is 0 Å². The number of oxime groups is 1. The molecule has 38 heavy (non-hydrogen) atoms. The average Bonchev–Trinajstić information content (AvgIpc) is 3.27. The van der Waals surface area contributed by atoms with Crippen LogP contribution in [0.4, 0.5) is 0 Å². The number of hydrogen-bond donors (Lipinski definition) is 0. The van der Waals surface area contributed by atoms with Crippen LogP contribution in [0, 0.1) is 5.41 Å². The van der Waals surface area contributed by atoms with E-state index in [0.29, 0.717) is 28.0 Å². The summed E-state index contributed by atoms with van der Waals surface area (Å²) in [7, 11) is 2.65. The van der Waals surface area contributed by atoms with Crippen LogP contribution in [0.2, 0.25) is 0 Å². The van der Waals surface area contributed by atoms with Gasteiger partial charge in [-0.2, -0.15) is 0 Å². The number of nitrogens with zero attached hydrogens (tertiary/aromatic N) is 1. The molecule has 0 saturated carbocycles. The molecular weight excluding hydrogens is 482 g/mol. The molecule has 0 bridgehead atoms. The molecule has 1 aliphatic heterocycles. The lowest BCUT2D eigenvalue weighted by molar-refractivity contribution is -0.147. The summed E-state index contributed by atoms with van der Waals surface area (Å²) >= 11 is 0. The summed E-state index contributed by atoms with van der Waals surface area (Å²) in [5.41, 5.74) is 3.72. The molecule has 3 aromatic carbocycles. The van der Waals surface area contributed by atoms with E-state index >= 15 is 0 Å². The molecule has 0 amide bonds. The summed E-state index contributed by atoms with van der Waals surface area (Å²) in [4.78, 5) is 42.4. The predicted molar refractivity (Wildman–Crippen MR) is 144 cm³/mol. The van der Waals surface area contributed by atoms with E-state index in [2.05, 4.69) is 18.3 Å². The van der Waals surface area contributed by atoms with Crippen LogP contribution >= 0.6 is 0 Å². The van der Waals surface area contributed by atoms with Crippen molar-refractivity contribution in [2.75, 3.05) is 14.2 Å². The van der Waals surface area contributed by atoms with Crippen LogP contribution in [0.25, 0.3) is 11.1 Å². The average molecular weight is 510 g/mol. The molecule has 0 unspecified atom stereocenters. The minimum atomic E-state index is -1.20. The minimum Gasteiger partial charge on any atom is -0.465 e. The molecule has 0 atom stereocenters. The van der Waals surface area contributed by atoms with Gasteiger partial charge >= 0.3 is 17.9 Å². The van der Waals surface area contributed by atoms with Crippen LogP contribution < -0.4 is 0 Å². The Labute approximate surface area is 221 Å². The number of hydrogen-bond acceptors (Lipinski definition) is 7. The van der Waals surface area contributed by atoms with Gasteiger partial charge in [-0.05, 0) is 59.4 Å². The van der Waals surface area contributed by atoms with Crippen molar-refractivity contribution in [1.82, 2.24) is 0 Å². The molecule has 7 nitrogen and oxygen atoms in total. The van der Waals surface area contributed by atoms with Gasteiger partial charge in [-0.3, -0.25) is 0 Å². The summed E-state index contributed by atoms with van der Waals surface area (Å²) in [6, 6.07) is 23.0. The van der Waals surface area contributed by atoms with Gasteiger partial charge in [0.25, 0.3) is 0 Å². The largest absolute Gasteiger partial charge is 0.465 e. The Morgan fingerprint density at radius 3 is 1.58 bits per heavy atom. The van der Waals surface area contributed by atoms with Crippen LogP contribution in [-0.2, 0) is 19.1 Å². The van der Waals surface area contributed by atoms with Crippen molar-refractivity contribution in [2.45, 2.75) is 12.8 Å². The molecule has 0 aromatic heterocycles. The third-order valence-corrected chi connectivity index (χ3v) is 6.57. The zero-order chi connectivity index (χ0) is 27.3. The van der Waals surface area contributed by atoms with Crippen LogP contribution in [0.15, 0.2) is 97.2 Å². The monoisotopic (exact) mass is 509 g/mol. The lowest BCUT2D eigenvalue weighted by Gasteiger charge is -2.29. The number of carbonyl (C=O) groups is 3. The van der Waals surface area contributed by atoms with Gasteiger partial charge in [0.1, 0.15) is 11.1 Å². The minimum absolute atomic E-state index is 0.205. The molecule has 1 aliphatic rings. The van der Waals surface area contributed by atoms with E-state index in [1.165, 1.54) is 14.2 Å². The van der Waals surface area contributed by atoms with Crippen molar-refractivity contribution in [2.24, 2.45) is 10.6 Å². The Hall–Kier alpha value is -4.78. The SMILES string of the molecule is C=C(CC1(CC(=C)c2ccc(C(=O)OC)cc2)C(=O)ON=C1c1ccccc1)c1ccc(C(=O)OC)cc1. The molecule has 192 valence electrons. The highest BCUT2D eigenvalue weighted by Crippen LogP contribution is 2.45. The zero-order valence-corrected chi connectivity index (χ0v) is 21.2. The van der Waals surface area contributed by atoms with E-state index in [4.69, 9.17) is 14.3 Å². The van der Waals surface area contributed by atoms with Crippen molar-refractivity contribution >= 4 is 34.8 Å². The molecule has 7 heteroatoms. The molecule has 0 saturated heterocycles. The topological polar surface area (TPSA) is 91.3 Å².